The van der Waals surface area contributed by atoms with E-state index < -0.39 is 10.8 Å². The summed E-state index contributed by atoms with van der Waals surface area (Å²) in [6, 6.07) is 9.29. The number of aryl methyl sites for hydroxylation is 1. The zero-order valence-corrected chi connectivity index (χ0v) is 14.8. The number of benzene rings is 2. The zero-order chi connectivity index (χ0) is 19.1. The topological polar surface area (TPSA) is 114 Å². The predicted molar refractivity (Wildman–Crippen MR) is 96.4 cm³/mol. The lowest BCUT2D eigenvalue weighted by Gasteiger charge is -2.11. The number of carbonyl (C=O) groups is 1. The molecule has 8 nitrogen and oxygen atoms in total. The maximum absolute atomic E-state index is 12.1. The van der Waals surface area contributed by atoms with Crippen molar-refractivity contribution >= 4 is 29.0 Å². The van der Waals surface area contributed by atoms with Crippen LogP contribution < -0.4 is 14.8 Å². The van der Waals surface area contributed by atoms with Gasteiger partial charge in [0.05, 0.1) is 18.1 Å². The van der Waals surface area contributed by atoms with Crippen molar-refractivity contribution in [3.8, 4) is 16.9 Å². The van der Waals surface area contributed by atoms with Crippen molar-refractivity contribution in [2.45, 2.75) is 11.8 Å². The number of anilines is 1. The Morgan fingerprint density at radius 2 is 2.12 bits per heavy atom. The molecule has 0 aliphatic rings. The summed E-state index contributed by atoms with van der Waals surface area (Å²) in [7, 11) is 1.40. The standard InChI is InChI=1S/C17H15N3O5S/c1-11-7-13(26-10-18)4-5-14(11)19-17(21)9-25-16-6-3-12(24-2)8-15(16)20(22)23/h3-8H,9H2,1-2H3,(H,19,21). The number of hydrogen-bond acceptors (Lipinski definition) is 7. The van der Waals surface area contributed by atoms with E-state index in [2.05, 4.69) is 5.32 Å². The number of nitrogens with one attached hydrogen (secondary N) is 1. The lowest BCUT2D eigenvalue weighted by molar-refractivity contribution is -0.385. The van der Waals surface area contributed by atoms with Gasteiger partial charge in [0.1, 0.15) is 11.2 Å². The van der Waals surface area contributed by atoms with Gasteiger partial charge in [-0.05, 0) is 54.6 Å². The molecular formula is C17H15N3O5S. The molecule has 9 heteroatoms. The summed E-state index contributed by atoms with van der Waals surface area (Å²) in [5.74, 6) is -0.165. The Kier molecular flexibility index (Phi) is 6.41. The molecule has 1 amide bonds. The van der Waals surface area contributed by atoms with E-state index in [4.69, 9.17) is 14.7 Å². The molecular weight excluding hydrogens is 358 g/mol. The summed E-state index contributed by atoms with van der Waals surface area (Å²) in [6.45, 7) is 1.41. The molecule has 26 heavy (non-hydrogen) atoms. The van der Waals surface area contributed by atoms with Crippen LogP contribution >= 0.6 is 11.8 Å². The van der Waals surface area contributed by atoms with Gasteiger partial charge < -0.3 is 14.8 Å². The van der Waals surface area contributed by atoms with Gasteiger partial charge in [0.2, 0.25) is 0 Å². The second-order valence-corrected chi connectivity index (χ2v) is 5.96. The Balaban J connectivity index is 2.03. The van der Waals surface area contributed by atoms with Crippen LogP contribution in [0.3, 0.4) is 0 Å². The summed E-state index contributed by atoms with van der Waals surface area (Å²) in [6.07, 6.45) is 0. The van der Waals surface area contributed by atoms with E-state index in [0.29, 0.717) is 11.4 Å². The third-order valence-corrected chi connectivity index (χ3v) is 3.94. The first-order valence-corrected chi connectivity index (χ1v) is 8.18. The number of thiocyanates is 1. The molecule has 0 saturated carbocycles. The highest BCUT2D eigenvalue weighted by Crippen LogP contribution is 2.31. The lowest BCUT2D eigenvalue weighted by atomic mass is 10.2. The third kappa shape index (κ3) is 4.87. The van der Waals surface area contributed by atoms with Crippen LogP contribution in [0.5, 0.6) is 11.5 Å². The van der Waals surface area contributed by atoms with Gasteiger partial charge in [-0.1, -0.05) is 0 Å². The Labute approximate surface area is 153 Å². The van der Waals surface area contributed by atoms with E-state index in [1.165, 1.54) is 25.3 Å². The van der Waals surface area contributed by atoms with Gasteiger partial charge >= 0.3 is 5.69 Å². The molecule has 0 aliphatic heterocycles. The number of methoxy groups -OCH3 is 1. The maximum Gasteiger partial charge on any atom is 0.314 e. The SMILES string of the molecule is COc1ccc(OCC(=O)Nc2ccc(SC#N)cc2C)c([N+](=O)[O-])c1. The number of nitro benzene ring substituents is 1. The fourth-order valence-electron chi connectivity index (χ4n) is 2.11. The number of amides is 1. The number of nitrogens with zero attached hydrogens (tertiary/aromatic N) is 2. The van der Waals surface area contributed by atoms with Gasteiger partial charge in [0.25, 0.3) is 5.91 Å². The quantitative estimate of drug-likeness (QED) is 0.342. The van der Waals surface area contributed by atoms with Crippen LogP contribution in [-0.4, -0.2) is 24.5 Å². The Hall–Kier alpha value is -3.25. The summed E-state index contributed by atoms with van der Waals surface area (Å²) >= 11 is 1.03. The van der Waals surface area contributed by atoms with Gasteiger partial charge in [0.15, 0.2) is 12.4 Å². The van der Waals surface area contributed by atoms with E-state index >= 15 is 0 Å². The molecule has 0 atom stereocenters. The van der Waals surface area contributed by atoms with Crippen molar-refractivity contribution in [3.05, 3.63) is 52.1 Å². The molecule has 134 valence electrons. The lowest BCUT2D eigenvalue weighted by Crippen LogP contribution is -2.21. The molecule has 0 heterocycles. The average Bonchev–Trinajstić information content (AvgIpc) is 2.62. The number of carbonyl (C=O) groups excluding carboxylic acids is 1. The van der Waals surface area contributed by atoms with Crippen LogP contribution in [0.1, 0.15) is 5.56 Å². The van der Waals surface area contributed by atoms with Gasteiger partial charge in [-0.2, -0.15) is 5.26 Å². The highest BCUT2D eigenvalue weighted by atomic mass is 32.2. The normalized spacial score (nSPS) is 9.88. The molecule has 2 rings (SSSR count). The third-order valence-electron chi connectivity index (χ3n) is 3.36. The van der Waals surface area contributed by atoms with Gasteiger partial charge in [-0.15, -0.1) is 0 Å². The first kappa shape index (κ1) is 19.1. The second kappa shape index (κ2) is 8.73. The minimum absolute atomic E-state index is 0.0246. The molecule has 0 bridgehead atoms. The van der Waals surface area contributed by atoms with Gasteiger partial charge in [0, 0.05) is 10.6 Å². The second-order valence-electron chi connectivity index (χ2n) is 5.10. The Morgan fingerprint density at radius 1 is 1.35 bits per heavy atom. The smallest absolute Gasteiger partial charge is 0.314 e. The number of nitriles is 1. The number of rotatable bonds is 7. The highest BCUT2D eigenvalue weighted by Gasteiger charge is 2.18. The van der Waals surface area contributed by atoms with E-state index in [9.17, 15) is 14.9 Å². The molecule has 2 aromatic rings. The van der Waals surface area contributed by atoms with E-state index in [1.807, 2.05) is 5.40 Å². The number of ether oxygens (including phenoxy) is 2. The molecule has 1 N–H and O–H groups in total. The number of hydrogen-bond donors (Lipinski definition) is 1. The largest absolute Gasteiger partial charge is 0.496 e. The van der Waals surface area contributed by atoms with Crippen LogP contribution in [0.25, 0.3) is 0 Å². The molecule has 0 aromatic heterocycles. The summed E-state index contributed by atoms with van der Waals surface area (Å²) in [5.41, 5.74) is 1.07. The maximum atomic E-state index is 12.1. The van der Waals surface area contributed by atoms with E-state index in [-0.39, 0.29) is 18.0 Å². The Bertz CT molecular complexity index is 879. The van der Waals surface area contributed by atoms with E-state index in [1.54, 1.807) is 25.1 Å². The molecule has 0 saturated heterocycles. The summed E-state index contributed by atoms with van der Waals surface area (Å²) in [4.78, 5) is 23.3. The fraction of sp³-hybridized carbons (Fsp3) is 0.176. The summed E-state index contributed by atoms with van der Waals surface area (Å²) < 4.78 is 10.2. The average molecular weight is 373 g/mol. The Morgan fingerprint density at radius 3 is 2.73 bits per heavy atom. The zero-order valence-electron chi connectivity index (χ0n) is 14.0. The van der Waals surface area contributed by atoms with Crippen molar-refractivity contribution in [1.29, 1.82) is 5.26 Å². The molecule has 0 spiro atoms. The molecule has 0 radical (unpaired) electrons. The number of nitro groups is 1. The minimum Gasteiger partial charge on any atom is -0.496 e. The van der Waals surface area contributed by atoms with Crippen LogP contribution in [0.15, 0.2) is 41.3 Å². The predicted octanol–water partition coefficient (Wildman–Crippen LogP) is 3.50. The monoisotopic (exact) mass is 373 g/mol. The first-order chi connectivity index (χ1) is 12.4. The van der Waals surface area contributed by atoms with Crippen LogP contribution in [0.4, 0.5) is 11.4 Å². The van der Waals surface area contributed by atoms with Crippen LogP contribution in [0.2, 0.25) is 0 Å². The summed E-state index contributed by atoms with van der Waals surface area (Å²) in [5, 5.41) is 24.4. The highest BCUT2D eigenvalue weighted by molar-refractivity contribution is 8.03. The van der Waals surface area contributed by atoms with Crippen molar-refractivity contribution in [2.24, 2.45) is 0 Å². The van der Waals surface area contributed by atoms with Crippen LogP contribution in [-0.2, 0) is 4.79 Å². The van der Waals surface area contributed by atoms with Crippen molar-refractivity contribution in [2.75, 3.05) is 19.0 Å². The first-order valence-electron chi connectivity index (χ1n) is 7.36. The molecule has 0 unspecified atom stereocenters. The number of thioether (sulfide) groups is 1. The van der Waals surface area contributed by atoms with Gasteiger partial charge in [-0.25, -0.2) is 0 Å². The minimum atomic E-state index is -0.606. The van der Waals surface area contributed by atoms with Crippen molar-refractivity contribution < 1.29 is 19.2 Å². The molecule has 2 aromatic carbocycles. The molecule has 0 aliphatic carbocycles. The van der Waals surface area contributed by atoms with Crippen molar-refractivity contribution in [1.82, 2.24) is 0 Å². The van der Waals surface area contributed by atoms with Crippen molar-refractivity contribution in [3.63, 3.8) is 0 Å². The van der Waals surface area contributed by atoms with Gasteiger partial charge in [-0.3, -0.25) is 14.9 Å². The fourth-order valence-corrected chi connectivity index (χ4v) is 2.59. The van der Waals surface area contributed by atoms with E-state index in [0.717, 1.165) is 22.2 Å². The van der Waals surface area contributed by atoms with Crippen LogP contribution in [0, 0.1) is 27.7 Å². The molecule has 0 fully saturated rings.